The number of fused-ring (bicyclic) bond motifs is 1. The summed E-state index contributed by atoms with van der Waals surface area (Å²) in [5.41, 5.74) is 7.71. The van der Waals surface area contributed by atoms with Crippen molar-refractivity contribution >= 4 is 40.5 Å². The zero-order valence-electron chi connectivity index (χ0n) is 18.4. The number of nitrogen functional groups attached to an aromatic ring is 1. The Bertz CT molecular complexity index is 1300. The minimum absolute atomic E-state index is 0.0448. The standard InChI is InChI=1S/C23H23N5O7/c24-21(25)13-2-1-12(8-18(29)23(33)34)19(9-13)35-10-15(4-6-20(30)31)28-22(32)14-3-5-16-17(7-14)27-11-26-16/h1-3,5,7,9,11,15H,4,6,8,10H2,(H3,24,25)(H,26,27)(H,28,32)(H,30,31)(H,33,34). The fraction of sp³-hybridized carbons (Fsp3) is 0.217. The van der Waals surface area contributed by atoms with E-state index in [4.69, 9.17) is 26.1 Å². The van der Waals surface area contributed by atoms with Crippen LogP contribution in [0.15, 0.2) is 42.7 Å². The molecule has 7 N–H and O–H groups in total. The summed E-state index contributed by atoms with van der Waals surface area (Å²) >= 11 is 0. The van der Waals surface area contributed by atoms with Gasteiger partial charge in [-0.05, 0) is 30.7 Å². The third kappa shape index (κ3) is 6.63. The lowest BCUT2D eigenvalue weighted by molar-refractivity contribution is -0.148. The molecule has 2 aromatic carbocycles. The first-order valence-corrected chi connectivity index (χ1v) is 10.5. The number of Topliss-reactive ketones (excluding diaryl/α,β-unsaturated/α-hetero) is 1. The number of carboxylic acids is 2. The topological polar surface area (TPSA) is 209 Å². The number of aromatic amines is 1. The molecule has 182 valence electrons. The lowest BCUT2D eigenvalue weighted by Crippen LogP contribution is -2.39. The molecule has 0 fully saturated rings. The van der Waals surface area contributed by atoms with Gasteiger partial charge in [-0.25, -0.2) is 9.78 Å². The number of ether oxygens (including phenoxy) is 1. The average Bonchev–Trinajstić information content (AvgIpc) is 3.29. The predicted octanol–water partition coefficient (Wildman–Crippen LogP) is 1.09. The highest BCUT2D eigenvalue weighted by Gasteiger charge is 2.20. The molecule has 1 heterocycles. The summed E-state index contributed by atoms with van der Waals surface area (Å²) in [6, 6.07) is 8.39. The molecule has 0 radical (unpaired) electrons. The van der Waals surface area contributed by atoms with Gasteiger partial charge in [0.2, 0.25) is 5.78 Å². The van der Waals surface area contributed by atoms with Crippen LogP contribution >= 0.6 is 0 Å². The number of aromatic nitrogens is 2. The number of aliphatic carboxylic acids is 2. The van der Waals surface area contributed by atoms with E-state index in [1.165, 1.54) is 24.5 Å². The Morgan fingerprint density at radius 1 is 1.11 bits per heavy atom. The van der Waals surface area contributed by atoms with Crippen molar-refractivity contribution in [3.8, 4) is 5.75 Å². The number of nitrogens with zero attached hydrogens (tertiary/aromatic N) is 1. The Morgan fingerprint density at radius 3 is 2.54 bits per heavy atom. The number of nitrogens with one attached hydrogen (secondary N) is 3. The number of H-pyrrole nitrogens is 1. The number of carbonyl (C=O) groups excluding carboxylic acids is 2. The molecular weight excluding hydrogens is 458 g/mol. The predicted molar refractivity (Wildman–Crippen MR) is 124 cm³/mol. The van der Waals surface area contributed by atoms with E-state index in [1.54, 1.807) is 18.2 Å². The van der Waals surface area contributed by atoms with Crippen molar-refractivity contribution in [3.05, 3.63) is 59.4 Å². The molecule has 1 amide bonds. The van der Waals surface area contributed by atoms with Gasteiger partial charge in [0.05, 0.1) is 23.4 Å². The number of carboxylic acid groups (broad SMARTS) is 2. The van der Waals surface area contributed by atoms with Crippen molar-refractivity contribution in [3.63, 3.8) is 0 Å². The Hall–Kier alpha value is -4.74. The maximum atomic E-state index is 12.8. The van der Waals surface area contributed by atoms with Gasteiger partial charge >= 0.3 is 11.9 Å². The molecule has 0 bridgehead atoms. The van der Waals surface area contributed by atoms with Crippen LogP contribution in [0.5, 0.6) is 5.75 Å². The highest BCUT2D eigenvalue weighted by atomic mass is 16.5. The average molecular weight is 481 g/mol. The second kappa shape index (κ2) is 10.9. The van der Waals surface area contributed by atoms with Gasteiger partial charge in [-0.3, -0.25) is 19.8 Å². The summed E-state index contributed by atoms with van der Waals surface area (Å²) in [5.74, 6) is -4.35. The number of ketones is 1. The van der Waals surface area contributed by atoms with E-state index in [0.29, 0.717) is 16.6 Å². The summed E-state index contributed by atoms with van der Waals surface area (Å²) in [5, 5.41) is 28.4. The largest absolute Gasteiger partial charge is 0.491 e. The van der Waals surface area contributed by atoms with Crippen molar-refractivity contribution < 1.29 is 34.1 Å². The van der Waals surface area contributed by atoms with E-state index in [0.717, 1.165) is 0 Å². The number of carbonyl (C=O) groups is 4. The number of hydrogen-bond donors (Lipinski definition) is 6. The normalized spacial score (nSPS) is 11.5. The Morgan fingerprint density at radius 2 is 1.86 bits per heavy atom. The first-order chi connectivity index (χ1) is 16.6. The van der Waals surface area contributed by atoms with Crippen LogP contribution in [0.1, 0.15) is 34.3 Å². The molecule has 1 atom stereocenters. The fourth-order valence-corrected chi connectivity index (χ4v) is 3.28. The minimum atomic E-state index is -1.60. The van der Waals surface area contributed by atoms with Crippen LogP contribution in [-0.4, -0.2) is 62.3 Å². The number of hydrogen-bond acceptors (Lipinski definition) is 7. The first-order valence-electron chi connectivity index (χ1n) is 10.5. The van der Waals surface area contributed by atoms with Crippen molar-refractivity contribution in [2.24, 2.45) is 5.73 Å². The van der Waals surface area contributed by atoms with Crippen LogP contribution in [0.3, 0.4) is 0 Å². The van der Waals surface area contributed by atoms with E-state index in [2.05, 4.69) is 15.3 Å². The van der Waals surface area contributed by atoms with Gasteiger partial charge in [0.15, 0.2) is 0 Å². The molecule has 0 aliphatic rings. The molecule has 0 saturated carbocycles. The molecule has 0 spiro atoms. The minimum Gasteiger partial charge on any atom is -0.491 e. The van der Waals surface area contributed by atoms with Gasteiger partial charge in [-0.1, -0.05) is 12.1 Å². The SMILES string of the molecule is N=C(N)c1ccc(CC(=O)C(=O)O)c(OCC(CCC(=O)O)NC(=O)c2ccc3nc[nH]c3c2)c1. The van der Waals surface area contributed by atoms with E-state index in [-0.39, 0.29) is 42.2 Å². The third-order valence-electron chi connectivity index (χ3n) is 5.13. The van der Waals surface area contributed by atoms with Gasteiger partial charge in [-0.2, -0.15) is 0 Å². The highest BCUT2D eigenvalue weighted by molar-refractivity contribution is 6.33. The van der Waals surface area contributed by atoms with Crippen LogP contribution in [0.4, 0.5) is 0 Å². The number of nitrogens with two attached hydrogens (primary N) is 1. The van der Waals surface area contributed by atoms with Crippen LogP contribution < -0.4 is 15.8 Å². The summed E-state index contributed by atoms with van der Waals surface area (Å²) in [4.78, 5) is 53.6. The molecule has 0 aliphatic carbocycles. The van der Waals surface area contributed by atoms with Gasteiger partial charge in [0, 0.05) is 29.5 Å². The Balaban J connectivity index is 1.79. The van der Waals surface area contributed by atoms with Crippen LogP contribution in [0, 0.1) is 5.41 Å². The van der Waals surface area contributed by atoms with E-state index >= 15 is 0 Å². The summed E-state index contributed by atoms with van der Waals surface area (Å²) in [6.07, 6.45) is 0.839. The lowest BCUT2D eigenvalue weighted by Gasteiger charge is -2.20. The molecule has 1 unspecified atom stereocenters. The Kier molecular flexibility index (Phi) is 7.77. The molecule has 0 aliphatic heterocycles. The highest BCUT2D eigenvalue weighted by Crippen LogP contribution is 2.22. The van der Waals surface area contributed by atoms with Crippen molar-refractivity contribution in [1.29, 1.82) is 5.41 Å². The maximum absolute atomic E-state index is 12.8. The number of imidazole rings is 1. The monoisotopic (exact) mass is 481 g/mol. The van der Waals surface area contributed by atoms with Gasteiger partial charge < -0.3 is 31.0 Å². The molecule has 1 aromatic heterocycles. The van der Waals surface area contributed by atoms with Gasteiger partial charge in [-0.15, -0.1) is 0 Å². The maximum Gasteiger partial charge on any atom is 0.372 e. The van der Waals surface area contributed by atoms with Crippen molar-refractivity contribution in [2.45, 2.75) is 25.3 Å². The Labute approximate surface area is 198 Å². The molecule has 3 rings (SSSR count). The number of amides is 1. The quantitative estimate of drug-likeness (QED) is 0.124. The summed E-state index contributed by atoms with van der Waals surface area (Å²) in [6.45, 7) is -0.180. The molecule has 12 nitrogen and oxygen atoms in total. The fourth-order valence-electron chi connectivity index (χ4n) is 3.28. The summed E-state index contributed by atoms with van der Waals surface area (Å²) in [7, 11) is 0. The first kappa shape index (κ1) is 24.9. The van der Waals surface area contributed by atoms with Crippen LogP contribution in [0.25, 0.3) is 11.0 Å². The molecule has 0 saturated heterocycles. The van der Waals surface area contributed by atoms with E-state index in [9.17, 15) is 19.2 Å². The summed E-state index contributed by atoms with van der Waals surface area (Å²) < 4.78 is 5.78. The van der Waals surface area contributed by atoms with Crippen molar-refractivity contribution in [1.82, 2.24) is 15.3 Å². The zero-order valence-corrected chi connectivity index (χ0v) is 18.4. The van der Waals surface area contributed by atoms with Crippen LogP contribution in [-0.2, 0) is 20.8 Å². The zero-order chi connectivity index (χ0) is 25.5. The van der Waals surface area contributed by atoms with E-state index < -0.39 is 36.1 Å². The van der Waals surface area contributed by atoms with Crippen molar-refractivity contribution in [2.75, 3.05) is 6.61 Å². The number of amidine groups is 1. The van der Waals surface area contributed by atoms with Gasteiger partial charge in [0.1, 0.15) is 18.2 Å². The molecular formula is C23H23N5O7. The molecule has 3 aromatic rings. The third-order valence-corrected chi connectivity index (χ3v) is 5.13. The second-order valence-corrected chi connectivity index (χ2v) is 7.69. The van der Waals surface area contributed by atoms with E-state index in [1.807, 2.05) is 0 Å². The number of rotatable bonds is 12. The lowest BCUT2D eigenvalue weighted by atomic mass is 10.0. The smallest absolute Gasteiger partial charge is 0.372 e. The van der Waals surface area contributed by atoms with Crippen LogP contribution in [0.2, 0.25) is 0 Å². The number of benzene rings is 2. The van der Waals surface area contributed by atoms with Gasteiger partial charge in [0.25, 0.3) is 5.91 Å². The second-order valence-electron chi connectivity index (χ2n) is 7.69. The molecule has 35 heavy (non-hydrogen) atoms. The molecule has 12 heteroatoms.